The largest absolute Gasteiger partial charge is 0.397 e. The Morgan fingerprint density at radius 3 is 0.974 bits per heavy atom. The molecule has 0 saturated heterocycles. The Kier molecular flexibility index (Phi) is 4.72. The quantitative estimate of drug-likeness (QED) is 0.146. The number of fused-ring (bicyclic) bond motifs is 4. The zero-order valence-electron chi connectivity index (χ0n) is 20.7. The van der Waals surface area contributed by atoms with Crippen molar-refractivity contribution >= 4 is 65.8 Å². The first-order valence-electron chi connectivity index (χ1n) is 12.6. The molecular formula is C34H26N4. The maximum Gasteiger partial charge on any atom is 0.0554 e. The molecule has 182 valence electrons. The van der Waals surface area contributed by atoms with E-state index >= 15 is 0 Å². The Bertz CT molecular complexity index is 1870. The van der Waals surface area contributed by atoms with Gasteiger partial charge in [0, 0.05) is 0 Å². The molecule has 0 aromatic heterocycles. The molecule has 0 atom stereocenters. The summed E-state index contributed by atoms with van der Waals surface area (Å²) in [5, 5.41) is 9.06. The average Bonchev–Trinajstić information content (AvgIpc) is 2.92. The van der Waals surface area contributed by atoms with Crippen molar-refractivity contribution in [2.75, 3.05) is 22.9 Å². The Hall–Kier alpha value is -5.22. The molecule has 7 aromatic carbocycles. The van der Waals surface area contributed by atoms with E-state index < -0.39 is 0 Å². The number of rotatable bonds is 2. The van der Waals surface area contributed by atoms with Crippen LogP contribution < -0.4 is 22.9 Å². The van der Waals surface area contributed by atoms with E-state index in [4.69, 9.17) is 22.9 Å². The van der Waals surface area contributed by atoms with Crippen LogP contribution in [0, 0.1) is 0 Å². The Labute approximate surface area is 220 Å². The predicted molar refractivity (Wildman–Crippen MR) is 165 cm³/mol. The van der Waals surface area contributed by atoms with Gasteiger partial charge in [-0.1, -0.05) is 72.8 Å². The van der Waals surface area contributed by atoms with Crippen LogP contribution in [-0.2, 0) is 0 Å². The maximum atomic E-state index is 6.16. The summed E-state index contributed by atoms with van der Waals surface area (Å²) in [6, 6.07) is 38.1. The lowest BCUT2D eigenvalue weighted by atomic mass is 9.85. The minimum absolute atomic E-state index is 0.596. The number of anilines is 4. The zero-order chi connectivity index (χ0) is 26.0. The summed E-state index contributed by atoms with van der Waals surface area (Å²) < 4.78 is 0. The lowest BCUT2D eigenvalue weighted by molar-refractivity contribution is 1.67. The van der Waals surface area contributed by atoms with Crippen LogP contribution in [0.25, 0.3) is 65.3 Å². The van der Waals surface area contributed by atoms with Crippen LogP contribution >= 0.6 is 0 Å². The third-order valence-electron chi connectivity index (χ3n) is 7.59. The van der Waals surface area contributed by atoms with Crippen LogP contribution in [-0.4, -0.2) is 0 Å². The molecule has 4 heteroatoms. The highest BCUT2D eigenvalue weighted by molar-refractivity contribution is 6.22. The van der Waals surface area contributed by atoms with E-state index in [9.17, 15) is 0 Å². The molecule has 7 aromatic rings. The SMILES string of the molecule is Nc1cc2ccc(-c3c4ccccc4c(-c4ccc5cc(N)c(N)cc5c4)c4ccccc34)cc2cc1N. The Morgan fingerprint density at radius 2 is 0.632 bits per heavy atom. The third-order valence-corrected chi connectivity index (χ3v) is 7.59. The van der Waals surface area contributed by atoms with E-state index in [1.54, 1.807) is 0 Å². The molecule has 0 radical (unpaired) electrons. The molecule has 0 aliphatic rings. The Morgan fingerprint density at radius 1 is 0.316 bits per heavy atom. The predicted octanol–water partition coefficient (Wildman–Crippen LogP) is 7.96. The van der Waals surface area contributed by atoms with Gasteiger partial charge in [-0.25, -0.2) is 0 Å². The molecule has 38 heavy (non-hydrogen) atoms. The standard InChI is InChI=1S/C34H26N4/c35-29-15-19-9-11-21(13-23(19)17-31(29)37)33-25-5-1-2-6-26(25)34(28-8-4-3-7-27(28)33)22-12-10-20-16-30(36)32(38)18-24(20)14-22/h1-18H,35-38H2. The highest BCUT2D eigenvalue weighted by Crippen LogP contribution is 2.44. The van der Waals surface area contributed by atoms with Gasteiger partial charge in [-0.05, 0) is 102 Å². The molecule has 4 nitrogen and oxygen atoms in total. The van der Waals surface area contributed by atoms with Crippen molar-refractivity contribution in [3.8, 4) is 22.3 Å². The van der Waals surface area contributed by atoms with Crippen LogP contribution in [0.2, 0.25) is 0 Å². The first-order valence-corrected chi connectivity index (χ1v) is 12.6. The van der Waals surface area contributed by atoms with Crippen LogP contribution in [0.15, 0.2) is 109 Å². The molecule has 0 heterocycles. The van der Waals surface area contributed by atoms with Gasteiger partial charge in [0.25, 0.3) is 0 Å². The lowest BCUT2D eigenvalue weighted by Gasteiger charge is -2.18. The van der Waals surface area contributed by atoms with E-state index in [0.717, 1.165) is 32.7 Å². The molecule has 0 aliphatic heterocycles. The molecule has 0 aliphatic carbocycles. The van der Waals surface area contributed by atoms with Gasteiger partial charge in [0.05, 0.1) is 22.7 Å². The van der Waals surface area contributed by atoms with Gasteiger partial charge in [0.15, 0.2) is 0 Å². The normalized spacial score (nSPS) is 11.6. The number of nitrogen functional groups attached to an aromatic ring is 4. The average molecular weight is 491 g/mol. The minimum Gasteiger partial charge on any atom is -0.397 e. The summed E-state index contributed by atoms with van der Waals surface area (Å²) in [5.41, 5.74) is 31.5. The van der Waals surface area contributed by atoms with Crippen molar-refractivity contribution in [1.82, 2.24) is 0 Å². The molecule has 0 fully saturated rings. The lowest BCUT2D eigenvalue weighted by Crippen LogP contribution is -1.95. The smallest absolute Gasteiger partial charge is 0.0554 e. The summed E-state index contributed by atoms with van der Waals surface area (Å²) in [6.07, 6.45) is 0. The molecule has 0 unspecified atom stereocenters. The van der Waals surface area contributed by atoms with E-state index in [1.807, 2.05) is 24.3 Å². The first-order chi connectivity index (χ1) is 18.5. The minimum atomic E-state index is 0.596. The number of benzene rings is 7. The van der Waals surface area contributed by atoms with E-state index in [0.29, 0.717) is 22.7 Å². The fraction of sp³-hybridized carbons (Fsp3) is 0. The number of nitrogens with two attached hydrogens (primary N) is 4. The fourth-order valence-corrected chi connectivity index (χ4v) is 5.73. The molecule has 8 N–H and O–H groups in total. The van der Waals surface area contributed by atoms with Gasteiger partial charge in [-0.15, -0.1) is 0 Å². The summed E-state index contributed by atoms with van der Waals surface area (Å²) in [6.45, 7) is 0. The molecule has 0 bridgehead atoms. The Balaban J connectivity index is 1.56. The van der Waals surface area contributed by atoms with E-state index in [1.165, 1.54) is 32.7 Å². The zero-order valence-corrected chi connectivity index (χ0v) is 20.7. The van der Waals surface area contributed by atoms with Crippen LogP contribution in [0.5, 0.6) is 0 Å². The van der Waals surface area contributed by atoms with Gasteiger partial charge in [0.1, 0.15) is 0 Å². The molecular weight excluding hydrogens is 464 g/mol. The molecule has 7 rings (SSSR count). The van der Waals surface area contributed by atoms with E-state index in [2.05, 4.69) is 84.9 Å². The maximum absolute atomic E-state index is 6.16. The topological polar surface area (TPSA) is 104 Å². The first kappa shape index (κ1) is 22.0. The number of hydrogen-bond donors (Lipinski definition) is 4. The van der Waals surface area contributed by atoms with E-state index in [-0.39, 0.29) is 0 Å². The van der Waals surface area contributed by atoms with Crippen LogP contribution in [0.4, 0.5) is 22.7 Å². The van der Waals surface area contributed by atoms with Crippen molar-refractivity contribution in [3.63, 3.8) is 0 Å². The second-order valence-corrected chi connectivity index (χ2v) is 9.93. The highest BCUT2D eigenvalue weighted by atomic mass is 14.7. The summed E-state index contributed by atoms with van der Waals surface area (Å²) in [4.78, 5) is 0. The molecule has 0 amide bonds. The monoisotopic (exact) mass is 490 g/mol. The molecule has 0 saturated carbocycles. The fourth-order valence-electron chi connectivity index (χ4n) is 5.73. The highest BCUT2D eigenvalue weighted by Gasteiger charge is 2.17. The van der Waals surface area contributed by atoms with Crippen LogP contribution in [0.1, 0.15) is 0 Å². The summed E-state index contributed by atoms with van der Waals surface area (Å²) in [7, 11) is 0. The second kappa shape index (κ2) is 8.15. The second-order valence-electron chi connectivity index (χ2n) is 9.93. The van der Waals surface area contributed by atoms with Crippen LogP contribution in [0.3, 0.4) is 0 Å². The van der Waals surface area contributed by atoms with Crippen molar-refractivity contribution in [3.05, 3.63) is 109 Å². The number of hydrogen-bond acceptors (Lipinski definition) is 4. The van der Waals surface area contributed by atoms with Crippen molar-refractivity contribution in [2.45, 2.75) is 0 Å². The van der Waals surface area contributed by atoms with Crippen molar-refractivity contribution in [1.29, 1.82) is 0 Å². The van der Waals surface area contributed by atoms with Gasteiger partial charge >= 0.3 is 0 Å². The molecule has 0 spiro atoms. The van der Waals surface area contributed by atoms with Gasteiger partial charge in [0.2, 0.25) is 0 Å². The van der Waals surface area contributed by atoms with Gasteiger partial charge in [-0.2, -0.15) is 0 Å². The van der Waals surface area contributed by atoms with Gasteiger partial charge < -0.3 is 22.9 Å². The van der Waals surface area contributed by atoms with Crippen molar-refractivity contribution in [2.24, 2.45) is 0 Å². The third kappa shape index (κ3) is 3.31. The van der Waals surface area contributed by atoms with Gasteiger partial charge in [-0.3, -0.25) is 0 Å². The summed E-state index contributed by atoms with van der Waals surface area (Å²) >= 11 is 0. The summed E-state index contributed by atoms with van der Waals surface area (Å²) in [5.74, 6) is 0. The van der Waals surface area contributed by atoms with Crippen molar-refractivity contribution < 1.29 is 0 Å².